The number of rotatable bonds is 6. The fourth-order valence-electron chi connectivity index (χ4n) is 2.74. The van der Waals surface area contributed by atoms with Crippen LogP contribution in [0.25, 0.3) is 0 Å². The van der Waals surface area contributed by atoms with Crippen LogP contribution in [0.15, 0.2) is 47.4 Å². The summed E-state index contributed by atoms with van der Waals surface area (Å²) in [6, 6.07) is 9.51. The number of amides is 1. The van der Waals surface area contributed by atoms with Gasteiger partial charge >= 0.3 is 0 Å². The van der Waals surface area contributed by atoms with Gasteiger partial charge in [0.05, 0.1) is 0 Å². The zero-order chi connectivity index (χ0) is 19.4. The lowest BCUT2D eigenvalue weighted by Gasteiger charge is -2.18. The summed E-state index contributed by atoms with van der Waals surface area (Å²) < 4.78 is 45.4. The second-order valence-electron chi connectivity index (χ2n) is 6.05. The van der Waals surface area contributed by atoms with E-state index in [-0.39, 0.29) is 15.7 Å². The molecule has 1 saturated heterocycles. The smallest absolute Gasteiger partial charge is 0.262 e. The molecule has 144 valence electrons. The van der Waals surface area contributed by atoms with E-state index in [1.807, 2.05) is 0 Å². The zero-order valence-corrected chi connectivity index (χ0v) is 15.9. The first kappa shape index (κ1) is 19.6. The molecule has 0 saturated carbocycles. The Kier molecular flexibility index (Phi) is 5.98. The van der Waals surface area contributed by atoms with Gasteiger partial charge in [0.2, 0.25) is 10.0 Å². The van der Waals surface area contributed by atoms with Crippen LogP contribution >= 0.6 is 11.6 Å². The number of ether oxygens (including phenoxy) is 1. The van der Waals surface area contributed by atoms with Crippen molar-refractivity contribution in [2.75, 3.05) is 25.0 Å². The third-order valence-corrected chi connectivity index (χ3v) is 6.23. The van der Waals surface area contributed by atoms with Crippen molar-refractivity contribution in [2.45, 2.75) is 17.7 Å². The van der Waals surface area contributed by atoms with Crippen LogP contribution < -0.4 is 10.1 Å². The molecule has 1 fully saturated rings. The van der Waals surface area contributed by atoms with Crippen LogP contribution in [0.5, 0.6) is 5.75 Å². The minimum Gasteiger partial charge on any atom is -0.482 e. The van der Waals surface area contributed by atoms with E-state index in [1.54, 1.807) is 0 Å². The molecule has 0 aromatic heterocycles. The molecule has 1 aliphatic heterocycles. The molecular weight excluding hydrogens is 395 g/mol. The first-order valence-electron chi connectivity index (χ1n) is 8.34. The molecule has 9 heteroatoms. The maximum Gasteiger partial charge on any atom is 0.262 e. The molecule has 0 bridgehead atoms. The van der Waals surface area contributed by atoms with Gasteiger partial charge in [0.1, 0.15) is 16.5 Å². The van der Waals surface area contributed by atoms with Crippen molar-refractivity contribution in [3.8, 4) is 5.75 Å². The molecule has 1 heterocycles. The number of benzene rings is 2. The van der Waals surface area contributed by atoms with E-state index in [9.17, 15) is 17.6 Å². The predicted octanol–water partition coefficient (Wildman–Crippen LogP) is 3.28. The highest BCUT2D eigenvalue weighted by atomic mass is 35.5. The van der Waals surface area contributed by atoms with Crippen LogP contribution in [0.4, 0.5) is 10.1 Å². The van der Waals surface area contributed by atoms with Crippen LogP contribution in [0, 0.1) is 5.82 Å². The Morgan fingerprint density at radius 1 is 1.15 bits per heavy atom. The molecule has 0 atom stereocenters. The summed E-state index contributed by atoms with van der Waals surface area (Å²) in [4.78, 5) is 12.0. The van der Waals surface area contributed by atoms with Crippen LogP contribution in [0.2, 0.25) is 5.02 Å². The Balaban J connectivity index is 1.73. The van der Waals surface area contributed by atoms with Gasteiger partial charge < -0.3 is 10.1 Å². The van der Waals surface area contributed by atoms with Gasteiger partial charge in [0, 0.05) is 23.8 Å². The molecule has 2 aromatic rings. The molecule has 1 aliphatic rings. The Bertz CT molecular complexity index is 929. The number of anilines is 1. The Morgan fingerprint density at radius 2 is 1.81 bits per heavy atom. The van der Waals surface area contributed by atoms with Gasteiger partial charge in [-0.3, -0.25) is 4.79 Å². The van der Waals surface area contributed by atoms with Gasteiger partial charge in [-0.05, 0) is 55.3 Å². The number of sulfonamides is 1. The summed E-state index contributed by atoms with van der Waals surface area (Å²) in [6.45, 7) is 0.486. The first-order valence-corrected chi connectivity index (χ1v) is 10.2. The largest absolute Gasteiger partial charge is 0.482 e. The average Bonchev–Trinajstić information content (AvgIpc) is 3.18. The minimum atomic E-state index is -3.75. The highest BCUT2D eigenvalue weighted by Gasteiger charge is 2.30. The van der Waals surface area contributed by atoms with Crippen molar-refractivity contribution in [3.63, 3.8) is 0 Å². The third-order valence-electron chi connectivity index (χ3n) is 4.08. The number of carbonyl (C=O) groups is 1. The molecule has 0 aliphatic carbocycles. The summed E-state index contributed by atoms with van der Waals surface area (Å²) >= 11 is 5.96. The van der Waals surface area contributed by atoms with E-state index in [4.69, 9.17) is 16.3 Å². The van der Waals surface area contributed by atoms with E-state index in [1.165, 1.54) is 46.8 Å². The number of hydrogen-bond acceptors (Lipinski definition) is 4. The molecule has 6 nitrogen and oxygen atoms in total. The number of nitrogens with zero attached hydrogens (tertiary/aromatic N) is 1. The molecule has 0 spiro atoms. The Morgan fingerprint density at radius 3 is 2.48 bits per heavy atom. The first-order chi connectivity index (χ1) is 12.9. The Hall–Kier alpha value is -2.16. The van der Waals surface area contributed by atoms with Crippen molar-refractivity contribution in [2.24, 2.45) is 0 Å². The van der Waals surface area contributed by atoms with E-state index in [0.29, 0.717) is 18.8 Å². The number of halogens is 2. The molecule has 0 radical (unpaired) electrons. The van der Waals surface area contributed by atoms with Gasteiger partial charge in [0.25, 0.3) is 5.91 Å². The van der Waals surface area contributed by atoms with E-state index in [0.717, 1.165) is 12.8 Å². The van der Waals surface area contributed by atoms with Crippen LogP contribution in [-0.2, 0) is 14.8 Å². The highest BCUT2D eigenvalue weighted by Crippen LogP contribution is 2.31. The second-order valence-corrected chi connectivity index (χ2v) is 8.39. The lowest BCUT2D eigenvalue weighted by atomic mass is 10.3. The van der Waals surface area contributed by atoms with Crippen molar-refractivity contribution in [3.05, 3.63) is 53.3 Å². The van der Waals surface area contributed by atoms with Gasteiger partial charge in [0.15, 0.2) is 6.61 Å². The van der Waals surface area contributed by atoms with Crippen molar-refractivity contribution >= 4 is 33.2 Å². The third kappa shape index (κ3) is 4.77. The van der Waals surface area contributed by atoms with E-state index in [2.05, 4.69) is 5.32 Å². The van der Waals surface area contributed by atoms with Gasteiger partial charge in [-0.1, -0.05) is 11.6 Å². The van der Waals surface area contributed by atoms with Gasteiger partial charge in [-0.15, -0.1) is 0 Å². The SMILES string of the molecule is O=C(COc1ccc(Cl)cc1S(=O)(=O)N1CCCC1)Nc1ccc(F)cc1. The van der Waals surface area contributed by atoms with Crippen LogP contribution in [-0.4, -0.2) is 38.3 Å². The zero-order valence-electron chi connectivity index (χ0n) is 14.3. The molecule has 3 rings (SSSR count). The summed E-state index contributed by atoms with van der Waals surface area (Å²) in [6.07, 6.45) is 1.60. The second kappa shape index (κ2) is 8.24. The van der Waals surface area contributed by atoms with Gasteiger partial charge in [-0.2, -0.15) is 4.31 Å². The topological polar surface area (TPSA) is 75.7 Å². The van der Waals surface area contributed by atoms with Crippen molar-refractivity contribution in [1.82, 2.24) is 4.31 Å². The van der Waals surface area contributed by atoms with Crippen LogP contribution in [0.1, 0.15) is 12.8 Å². The normalized spacial score (nSPS) is 14.9. The Labute approximate surface area is 161 Å². The summed E-state index contributed by atoms with van der Waals surface area (Å²) in [5.74, 6) is -0.858. The average molecular weight is 413 g/mol. The fourth-order valence-corrected chi connectivity index (χ4v) is 4.65. The number of carbonyl (C=O) groups excluding carboxylic acids is 1. The monoisotopic (exact) mass is 412 g/mol. The maximum absolute atomic E-state index is 12.9. The van der Waals surface area contributed by atoms with E-state index >= 15 is 0 Å². The van der Waals surface area contributed by atoms with Crippen molar-refractivity contribution in [1.29, 1.82) is 0 Å². The number of nitrogens with one attached hydrogen (secondary N) is 1. The quantitative estimate of drug-likeness (QED) is 0.790. The molecule has 1 amide bonds. The van der Waals surface area contributed by atoms with Gasteiger partial charge in [-0.25, -0.2) is 12.8 Å². The molecule has 27 heavy (non-hydrogen) atoms. The van der Waals surface area contributed by atoms with E-state index < -0.39 is 28.4 Å². The standard InChI is InChI=1S/C18H18ClFN2O4S/c19-13-3-8-16(17(11-13)27(24,25)22-9-1-2-10-22)26-12-18(23)21-15-6-4-14(20)5-7-15/h3-8,11H,1-2,9-10,12H2,(H,21,23). The van der Waals surface area contributed by atoms with Crippen LogP contribution in [0.3, 0.4) is 0 Å². The lowest BCUT2D eigenvalue weighted by Crippen LogP contribution is -2.28. The summed E-state index contributed by atoms with van der Waals surface area (Å²) in [7, 11) is -3.75. The maximum atomic E-state index is 12.9. The fraction of sp³-hybridized carbons (Fsp3) is 0.278. The number of hydrogen-bond donors (Lipinski definition) is 1. The predicted molar refractivity (Wildman–Crippen MR) is 100.0 cm³/mol. The molecule has 0 unspecified atom stereocenters. The molecule has 2 aromatic carbocycles. The summed E-state index contributed by atoms with van der Waals surface area (Å²) in [5, 5.41) is 2.81. The lowest BCUT2D eigenvalue weighted by molar-refractivity contribution is -0.118. The van der Waals surface area contributed by atoms with Crippen molar-refractivity contribution < 1.29 is 22.3 Å². The summed E-state index contributed by atoms with van der Waals surface area (Å²) in [5.41, 5.74) is 0.408. The highest BCUT2D eigenvalue weighted by molar-refractivity contribution is 7.89. The molecule has 1 N–H and O–H groups in total. The molecular formula is C18H18ClFN2O4S. The minimum absolute atomic E-state index is 0.0561.